The van der Waals surface area contributed by atoms with E-state index >= 15 is 0 Å². The minimum absolute atomic E-state index is 0.804. The molecule has 0 radical (unpaired) electrons. The van der Waals surface area contributed by atoms with Crippen molar-refractivity contribution in [3.8, 4) is 0 Å². The van der Waals surface area contributed by atoms with Gasteiger partial charge in [0.25, 0.3) is 0 Å². The summed E-state index contributed by atoms with van der Waals surface area (Å²) in [7, 11) is 0. The third-order valence-corrected chi connectivity index (χ3v) is 2.87. The van der Waals surface area contributed by atoms with E-state index in [1.54, 1.807) is 0 Å². The van der Waals surface area contributed by atoms with Crippen molar-refractivity contribution in [2.24, 2.45) is 5.92 Å². The summed E-state index contributed by atoms with van der Waals surface area (Å²) in [5, 5.41) is 3.52. The van der Waals surface area contributed by atoms with Gasteiger partial charge >= 0.3 is 0 Å². The molecule has 0 aromatic carbocycles. The average Bonchev–Trinajstić information content (AvgIpc) is 2.29. The fraction of sp³-hybridized carbons (Fsp3) is 1.00. The van der Waals surface area contributed by atoms with E-state index in [0.717, 1.165) is 25.7 Å². The fourth-order valence-electron chi connectivity index (χ4n) is 1.84. The highest BCUT2D eigenvalue weighted by Gasteiger charge is 2.06. The van der Waals surface area contributed by atoms with Crippen molar-refractivity contribution < 1.29 is 4.74 Å². The van der Waals surface area contributed by atoms with Gasteiger partial charge < -0.3 is 10.1 Å². The van der Waals surface area contributed by atoms with Crippen LogP contribution in [0, 0.1) is 5.92 Å². The van der Waals surface area contributed by atoms with Crippen LogP contribution in [-0.4, -0.2) is 26.3 Å². The summed E-state index contributed by atoms with van der Waals surface area (Å²) in [5.74, 6) is 0.804. The highest BCUT2D eigenvalue weighted by Crippen LogP contribution is 2.10. The Morgan fingerprint density at radius 3 is 2.38 bits per heavy atom. The van der Waals surface area contributed by atoms with Crippen molar-refractivity contribution in [3.05, 3.63) is 0 Å². The smallest absolute Gasteiger partial charge is 0.0469 e. The third kappa shape index (κ3) is 10.4. The zero-order chi connectivity index (χ0) is 12.1. The van der Waals surface area contributed by atoms with Crippen LogP contribution in [-0.2, 0) is 4.74 Å². The third-order valence-electron chi connectivity index (χ3n) is 2.87. The summed E-state index contributed by atoms with van der Waals surface area (Å²) in [6.45, 7) is 10.9. The van der Waals surface area contributed by atoms with Crippen molar-refractivity contribution in [1.29, 1.82) is 0 Å². The lowest BCUT2D eigenvalue weighted by atomic mass is 10.0. The molecule has 0 spiro atoms. The van der Waals surface area contributed by atoms with E-state index in [4.69, 9.17) is 4.74 Å². The van der Waals surface area contributed by atoms with Crippen molar-refractivity contribution in [2.45, 2.75) is 59.3 Å². The molecule has 0 aliphatic heterocycles. The maximum Gasteiger partial charge on any atom is 0.0469 e. The first kappa shape index (κ1) is 15.9. The molecule has 0 heterocycles. The predicted octanol–water partition coefficient (Wildman–Crippen LogP) is 3.61. The fourth-order valence-corrected chi connectivity index (χ4v) is 1.84. The van der Waals surface area contributed by atoms with E-state index in [-0.39, 0.29) is 0 Å². The molecule has 98 valence electrons. The van der Waals surface area contributed by atoms with Crippen LogP contribution < -0.4 is 5.32 Å². The molecule has 0 fully saturated rings. The van der Waals surface area contributed by atoms with Crippen LogP contribution in [0.5, 0.6) is 0 Å². The summed E-state index contributed by atoms with van der Waals surface area (Å²) in [5.41, 5.74) is 0. The van der Waals surface area contributed by atoms with Crippen LogP contribution in [0.15, 0.2) is 0 Å². The second-order valence-electron chi connectivity index (χ2n) is 4.61. The van der Waals surface area contributed by atoms with Gasteiger partial charge in [0.15, 0.2) is 0 Å². The van der Waals surface area contributed by atoms with Gasteiger partial charge in [0.1, 0.15) is 0 Å². The first-order valence-corrected chi connectivity index (χ1v) is 7.13. The summed E-state index contributed by atoms with van der Waals surface area (Å²) in [6.07, 6.45) is 7.49. The van der Waals surface area contributed by atoms with E-state index in [9.17, 15) is 0 Å². The van der Waals surface area contributed by atoms with Gasteiger partial charge in [0.2, 0.25) is 0 Å². The zero-order valence-corrected chi connectivity index (χ0v) is 11.6. The maximum atomic E-state index is 5.63. The van der Waals surface area contributed by atoms with Gasteiger partial charge in [-0.15, -0.1) is 0 Å². The molecule has 2 nitrogen and oxygen atoms in total. The van der Waals surface area contributed by atoms with E-state index in [0.29, 0.717) is 0 Å². The minimum atomic E-state index is 0.804. The van der Waals surface area contributed by atoms with Crippen LogP contribution in [0.4, 0.5) is 0 Å². The van der Waals surface area contributed by atoms with E-state index in [1.807, 2.05) is 0 Å². The largest absolute Gasteiger partial charge is 0.381 e. The monoisotopic (exact) mass is 229 g/mol. The summed E-state index contributed by atoms with van der Waals surface area (Å²) in [4.78, 5) is 0. The molecule has 0 aliphatic rings. The summed E-state index contributed by atoms with van der Waals surface area (Å²) < 4.78 is 5.63. The van der Waals surface area contributed by atoms with E-state index in [1.165, 1.54) is 45.1 Å². The SMILES string of the molecule is CCCCOCCC(CCC)CNCCC. The Kier molecular flexibility index (Phi) is 12.9. The molecule has 0 saturated heterocycles. The van der Waals surface area contributed by atoms with Crippen LogP contribution >= 0.6 is 0 Å². The number of hydrogen-bond acceptors (Lipinski definition) is 2. The quantitative estimate of drug-likeness (QED) is 0.516. The lowest BCUT2D eigenvalue weighted by molar-refractivity contribution is 0.115. The van der Waals surface area contributed by atoms with Crippen LogP contribution in [0.25, 0.3) is 0 Å². The molecule has 1 N–H and O–H groups in total. The van der Waals surface area contributed by atoms with Gasteiger partial charge in [-0.2, -0.15) is 0 Å². The molecule has 0 amide bonds. The van der Waals surface area contributed by atoms with Crippen LogP contribution in [0.1, 0.15) is 59.3 Å². The van der Waals surface area contributed by atoms with Gasteiger partial charge in [0, 0.05) is 13.2 Å². The Labute approximate surface area is 102 Å². The highest BCUT2D eigenvalue weighted by molar-refractivity contribution is 4.62. The average molecular weight is 229 g/mol. The second kappa shape index (κ2) is 13.0. The van der Waals surface area contributed by atoms with Crippen LogP contribution in [0.2, 0.25) is 0 Å². The van der Waals surface area contributed by atoms with Crippen molar-refractivity contribution in [1.82, 2.24) is 5.32 Å². The van der Waals surface area contributed by atoms with Gasteiger partial charge in [-0.05, 0) is 44.7 Å². The molecule has 0 aromatic heterocycles. The Bertz CT molecular complexity index is 128. The molecule has 16 heavy (non-hydrogen) atoms. The summed E-state index contributed by atoms with van der Waals surface area (Å²) >= 11 is 0. The van der Waals surface area contributed by atoms with E-state index < -0.39 is 0 Å². The first-order chi connectivity index (χ1) is 7.85. The van der Waals surface area contributed by atoms with Gasteiger partial charge in [-0.3, -0.25) is 0 Å². The molecule has 0 rings (SSSR count). The number of rotatable bonds is 12. The second-order valence-corrected chi connectivity index (χ2v) is 4.61. The molecule has 0 saturated carbocycles. The Morgan fingerprint density at radius 1 is 0.938 bits per heavy atom. The molecule has 2 heteroatoms. The number of ether oxygens (including phenoxy) is 1. The molecular formula is C14H31NO. The standard InChI is InChI=1S/C14H31NO/c1-4-7-11-16-12-9-14(8-5-2)13-15-10-6-3/h14-15H,4-13H2,1-3H3. The van der Waals surface area contributed by atoms with Crippen molar-refractivity contribution >= 4 is 0 Å². The molecular weight excluding hydrogens is 198 g/mol. The minimum Gasteiger partial charge on any atom is -0.381 e. The lowest BCUT2D eigenvalue weighted by Crippen LogP contribution is -2.24. The molecule has 0 aliphatic carbocycles. The molecule has 1 unspecified atom stereocenters. The topological polar surface area (TPSA) is 21.3 Å². The van der Waals surface area contributed by atoms with Crippen molar-refractivity contribution in [3.63, 3.8) is 0 Å². The van der Waals surface area contributed by atoms with Gasteiger partial charge in [-0.25, -0.2) is 0 Å². The Balaban J connectivity index is 3.43. The predicted molar refractivity (Wildman–Crippen MR) is 71.9 cm³/mol. The molecule has 0 aromatic rings. The Hall–Kier alpha value is -0.0800. The van der Waals surface area contributed by atoms with Gasteiger partial charge in [-0.1, -0.05) is 33.6 Å². The molecule has 1 atom stereocenters. The number of unbranched alkanes of at least 4 members (excludes halogenated alkanes) is 1. The molecule has 0 bridgehead atoms. The zero-order valence-electron chi connectivity index (χ0n) is 11.6. The van der Waals surface area contributed by atoms with Gasteiger partial charge in [0.05, 0.1) is 0 Å². The number of hydrogen-bond donors (Lipinski definition) is 1. The Morgan fingerprint density at radius 2 is 1.75 bits per heavy atom. The number of nitrogens with one attached hydrogen (secondary N) is 1. The first-order valence-electron chi connectivity index (χ1n) is 7.13. The highest BCUT2D eigenvalue weighted by atomic mass is 16.5. The van der Waals surface area contributed by atoms with E-state index in [2.05, 4.69) is 26.1 Å². The summed E-state index contributed by atoms with van der Waals surface area (Å²) in [6, 6.07) is 0. The van der Waals surface area contributed by atoms with Crippen LogP contribution in [0.3, 0.4) is 0 Å². The lowest BCUT2D eigenvalue weighted by Gasteiger charge is -2.16. The maximum absolute atomic E-state index is 5.63. The van der Waals surface area contributed by atoms with Crippen molar-refractivity contribution in [2.75, 3.05) is 26.3 Å². The normalized spacial score (nSPS) is 12.9.